The molecule has 204 valence electrons. The Kier molecular flexibility index (Phi) is 9.50. The molecule has 0 radical (unpaired) electrons. The highest BCUT2D eigenvalue weighted by molar-refractivity contribution is 9.10. The average molecular weight is 611 g/mol. The lowest BCUT2D eigenvalue weighted by molar-refractivity contribution is -0.394. The molecule has 0 fully saturated rings. The Morgan fingerprint density at radius 1 is 1.05 bits per heavy atom. The van der Waals surface area contributed by atoms with Gasteiger partial charge in [0.15, 0.2) is 11.5 Å². The van der Waals surface area contributed by atoms with E-state index in [2.05, 4.69) is 26.0 Å². The van der Waals surface area contributed by atoms with Crippen molar-refractivity contribution in [1.29, 1.82) is 5.26 Å². The molecule has 0 spiro atoms. The van der Waals surface area contributed by atoms with Gasteiger partial charge in [-0.2, -0.15) is 5.26 Å². The number of carbonyl (C=O) groups is 2. The molecular formula is C26H19BrN4O9. The number of hydrogen-bond donors (Lipinski definition) is 1. The average Bonchev–Trinajstić information content (AvgIpc) is 2.93. The number of carbonyl (C=O) groups excluding carboxylic acids is 2. The van der Waals surface area contributed by atoms with E-state index in [4.69, 9.17) is 9.47 Å². The molecule has 0 aromatic heterocycles. The topological polar surface area (TPSA) is 184 Å². The van der Waals surface area contributed by atoms with E-state index in [1.165, 1.54) is 49.6 Å². The number of ether oxygens (including phenoxy) is 3. The van der Waals surface area contributed by atoms with Crippen molar-refractivity contribution in [2.45, 2.75) is 6.92 Å². The molecule has 0 aliphatic heterocycles. The highest BCUT2D eigenvalue weighted by Crippen LogP contribution is 2.43. The second kappa shape index (κ2) is 13.0. The van der Waals surface area contributed by atoms with Crippen LogP contribution >= 0.6 is 15.9 Å². The number of methoxy groups -OCH3 is 1. The third-order valence-corrected chi connectivity index (χ3v) is 5.72. The molecule has 1 amide bonds. The maximum atomic E-state index is 12.7. The van der Waals surface area contributed by atoms with Crippen LogP contribution in [0, 0.1) is 31.6 Å². The third-order valence-electron chi connectivity index (χ3n) is 5.13. The fourth-order valence-electron chi connectivity index (χ4n) is 3.31. The van der Waals surface area contributed by atoms with Crippen molar-refractivity contribution in [3.8, 4) is 23.3 Å². The predicted molar refractivity (Wildman–Crippen MR) is 145 cm³/mol. The number of nitriles is 1. The van der Waals surface area contributed by atoms with Crippen molar-refractivity contribution in [3.05, 3.63) is 96.0 Å². The molecule has 0 aliphatic rings. The predicted octanol–water partition coefficient (Wildman–Crippen LogP) is 5.79. The Labute approximate surface area is 235 Å². The molecule has 0 aliphatic carbocycles. The second-order valence-electron chi connectivity index (χ2n) is 7.72. The summed E-state index contributed by atoms with van der Waals surface area (Å²) in [7, 11) is 1.25. The molecule has 3 rings (SSSR count). The van der Waals surface area contributed by atoms with E-state index in [0.29, 0.717) is 11.3 Å². The molecular weight excluding hydrogens is 592 g/mol. The summed E-state index contributed by atoms with van der Waals surface area (Å²) < 4.78 is 16.2. The van der Waals surface area contributed by atoms with Gasteiger partial charge in [0.2, 0.25) is 5.75 Å². The number of anilines is 1. The number of nitrogens with one attached hydrogen (secondary N) is 1. The van der Waals surface area contributed by atoms with Crippen molar-refractivity contribution >= 4 is 50.9 Å². The minimum absolute atomic E-state index is 0.0320. The Bertz CT molecular complexity index is 1560. The second-order valence-corrected chi connectivity index (χ2v) is 8.58. The molecule has 13 nitrogen and oxygen atoms in total. The molecule has 1 N–H and O–H groups in total. The van der Waals surface area contributed by atoms with Crippen LogP contribution in [0.2, 0.25) is 0 Å². The van der Waals surface area contributed by atoms with Crippen LogP contribution in [0.15, 0.2) is 64.6 Å². The number of benzene rings is 3. The summed E-state index contributed by atoms with van der Waals surface area (Å²) in [4.78, 5) is 45.3. The van der Waals surface area contributed by atoms with Gasteiger partial charge in [-0.25, -0.2) is 4.79 Å². The number of rotatable bonds is 10. The van der Waals surface area contributed by atoms with E-state index in [1.807, 2.05) is 6.07 Å². The summed E-state index contributed by atoms with van der Waals surface area (Å²) in [5.74, 6) is -1.38. The van der Waals surface area contributed by atoms with Gasteiger partial charge in [-0.15, -0.1) is 0 Å². The number of nitrogens with zero attached hydrogens (tertiary/aromatic N) is 3. The van der Waals surface area contributed by atoms with Crippen LogP contribution in [0.3, 0.4) is 0 Å². The zero-order chi connectivity index (χ0) is 29.4. The number of esters is 1. The molecule has 14 heteroatoms. The standard InChI is InChI=1S/C26H19BrN4O9/c1-3-39-23-12-15(10-17(14-28)25(32)29-18-6-4-16(5-7-18)26(33)38-2)11-20(27)24(23)40-22-9-8-19(30(34)35)13-21(22)31(36)37/h4-13H,3H2,1-2H3,(H,29,32)/b17-10+. The van der Waals surface area contributed by atoms with Gasteiger partial charge in [0, 0.05) is 11.8 Å². The minimum Gasteiger partial charge on any atom is -0.490 e. The van der Waals surface area contributed by atoms with Crippen LogP contribution in [0.4, 0.5) is 17.1 Å². The fraction of sp³-hybridized carbons (Fsp3) is 0.115. The van der Waals surface area contributed by atoms with E-state index >= 15 is 0 Å². The number of hydrogen-bond acceptors (Lipinski definition) is 10. The van der Waals surface area contributed by atoms with Crippen molar-refractivity contribution < 1.29 is 33.6 Å². The number of halogens is 1. The van der Waals surface area contributed by atoms with Gasteiger partial charge in [0.1, 0.15) is 11.6 Å². The first-order valence-corrected chi connectivity index (χ1v) is 12.1. The first-order valence-electron chi connectivity index (χ1n) is 11.3. The van der Waals surface area contributed by atoms with Crippen LogP contribution in [0.1, 0.15) is 22.8 Å². The Hall–Kier alpha value is -5.29. The summed E-state index contributed by atoms with van der Waals surface area (Å²) >= 11 is 3.32. The molecule has 0 heterocycles. The summed E-state index contributed by atoms with van der Waals surface area (Å²) in [6.07, 6.45) is 1.30. The summed E-state index contributed by atoms with van der Waals surface area (Å²) in [6.45, 7) is 1.86. The van der Waals surface area contributed by atoms with Crippen LogP contribution in [0.5, 0.6) is 17.2 Å². The van der Waals surface area contributed by atoms with Gasteiger partial charge >= 0.3 is 11.7 Å². The van der Waals surface area contributed by atoms with Gasteiger partial charge in [0.05, 0.1) is 39.7 Å². The lowest BCUT2D eigenvalue weighted by atomic mass is 10.1. The number of amides is 1. The van der Waals surface area contributed by atoms with Crippen molar-refractivity contribution in [1.82, 2.24) is 0 Å². The highest BCUT2D eigenvalue weighted by atomic mass is 79.9. The zero-order valence-corrected chi connectivity index (χ0v) is 22.5. The normalized spacial score (nSPS) is 10.7. The van der Waals surface area contributed by atoms with Crippen LogP contribution in [-0.4, -0.2) is 35.4 Å². The quantitative estimate of drug-likeness (QED) is 0.0968. The lowest BCUT2D eigenvalue weighted by Crippen LogP contribution is -2.13. The van der Waals surface area contributed by atoms with Crippen molar-refractivity contribution in [3.63, 3.8) is 0 Å². The molecule has 3 aromatic rings. The van der Waals surface area contributed by atoms with Gasteiger partial charge < -0.3 is 19.5 Å². The van der Waals surface area contributed by atoms with E-state index < -0.39 is 33.1 Å². The van der Waals surface area contributed by atoms with Crippen molar-refractivity contribution in [2.24, 2.45) is 0 Å². The van der Waals surface area contributed by atoms with Crippen LogP contribution < -0.4 is 14.8 Å². The van der Waals surface area contributed by atoms with E-state index in [1.54, 1.807) is 6.92 Å². The van der Waals surface area contributed by atoms with Crippen LogP contribution in [0.25, 0.3) is 6.08 Å². The number of nitro groups is 2. The van der Waals surface area contributed by atoms with E-state index in [0.717, 1.165) is 18.2 Å². The highest BCUT2D eigenvalue weighted by Gasteiger charge is 2.24. The smallest absolute Gasteiger partial charge is 0.337 e. The summed E-state index contributed by atoms with van der Waals surface area (Å²) in [5, 5.41) is 34.7. The van der Waals surface area contributed by atoms with Crippen LogP contribution in [-0.2, 0) is 9.53 Å². The first kappa shape index (κ1) is 29.3. The minimum atomic E-state index is -0.811. The maximum Gasteiger partial charge on any atom is 0.337 e. The molecule has 40 heavy (non-hydrogen) atoms. The fourth-order valence-corrected chi connectivity index (χ4v) is 3.85. The van der Waals surface area contributed by atoms with Gasteiger partial charge in [-0.05, 0) is 77.0 Å². The van der Waals surface area contributed by atoms with Gasteiger partial charge in [-0.3, -0.25) is 25.0 Å². The van der Waals surface area contributed by atoms with Gasteiger partial charge in [0.25, 0.3) is 11.6 Å². The largest absolute Gasteiger partial charge is 0.490 e. The SMILES string of the molecule is CCOc1cc(/C=C(\C#N)C(=O)Nc2ccc(C(=O)OC)cc2)cc(Br)c1Oc1ccc([N+](=O)[O-])cc1[N+](=O)[O-]. The molecule has 0 saturated carbocycles. The summed E-state index contributed by atoms with van der Waals surface area (Å²) in [5.41, 5.74) is -0.393. The Morgan fingerprint density at radius 3 is 2.33 bits per heavy atom. The molecule has 0 atom stereocenters. The monoisotopic (exact) mass is 610 g/mol. The molecule has 0 bridgehead atoms. The molecule has 0 unspecified atom stereocenters. The lowest BCUT2D eigenvalue weighted by Gasteiger charge is -2.14. The maximum absolute atomic E-state index is 12.7. The first-order chi connectivity index (χ1) is 19.1. The van der Waals surface area contributed by atoms with E-state index in [9.17, 15) is 35.1 Å². The summed E-state index contributed by atoms with van der Waals surface area (Å²) in [6, 6.07) is 13.6. The molecule has 3 aromatic carbocycles. The third kappa shape index (κ3) is 6.97. The number of non-ortho nitro benzene ring substituents is 1. The zero-order valence-electron chi connectivity index (χ0n) is 20.9. The van der Waals surface area contributed by atoms with E-state index in [-0.39, 0.29) is 39.5 Å². The van der Waals surface area contributed by atoms with Crippen molar-refractivity contribution in [2.75, 3.05) is 19.0 Å². The Balaban J connectivity index is 1.93. The van der Waals surface area contributed by atoms with Gasteiger partial charge in [-0.1, -0.05) is 0 Å². The number of nitro benzene ring substituents is 2. The Morgan fingerprint density at radius 2 is 1.75 bits per heavy atom. The molecule has 0 saturated heterocycles.